The van der Waals surface area contributed by atoms with Crippen molar-refractivity contribution in [2.24, 2.45) is 0 Å². The lowest BCUT2D eigenvalue weighted by atomic mass is 10.0. The molecule has 0 N–H and O–H groups in total. The third kappa shape index (κ3) is 2.33. The fourth-order valence-electron chi connectivity index (χ4n) is 1.69. The number of hydrogen-bond acceptors (Lipinski definition) is 1. The zero-order valence-corrected chi connectivity index (χ0v) is 8.54. The minimum absolute atomic E-state index is 0.0972. The summed E-state index contributed by atoms with van der Waals surface area (Å²) in [4.78, 5) is 0. The summed E-state index contributed by atoms with van der Waals surface area (Å²) in [5.41, 5.74) is -0.192. The largest absolute Gasteiger partial charge is 0.434 e. The Morgan fingerprint density at radius 3 is 2.12 bits per heavy atom. The number of halogens is 4. The summed E-state index contributed by atoms with van der Waals surface area (Å²) in [6, 6.07) is 8.31. The standard InChI is InChI=1S/C12H8F4O/c13-11(14)9-5-1-4-8-7(9)3-2-6-10(8)17-12(15)16/h1-6,11-12H. The van der Waals surface area contributed by atoms with Gasteiger partial charge in [0.05, 0.1) is 0 Å². The molecule has 0 unspecified atom stereocenters. The predicted molar refractivity (Wildman–Crippen MR) is 55.5 cm³/mol. The molecule has 0 fully saturated rings. The van der Waals surface area contributed by atoms with Crippen LogP contribution in [0.1, 0.15) is 12.0 Å². The highest BCUT2D eigenvalue weighted by Gasteiger charge is 2.14. The van der Waals surface area contributed by atoms with E-state index in [2.05, 4.69) is 4.74 Å². The molecule has 5 heteroatoms. The Morgan fingerprint density at radius 2 is 1.47 bits per heavy atom. The second-order valence-electron chi connectivity index (χ2n) is 3.38. The molecular formula is C12H8F4O. The number of ether oxygens (including phenoxy) is 1. The molecule has 0 saturated carbocycles. The van der Waals surface area contributed by atoms with E-state index in [1.54, 1.807) is 0 Å². The highest BCUT2D eigenvalue weighted by Crippen LogP contribution is 2.33. The van der Waals surface area contributed by atoms with Crippen LogP contribution >= 0.6 is 0 Å². The molecule has 0 bridgehead atoms. The average molecular weight is 244 g/mol. The van der Waals surface area contributed by atoms with Gasteiger partial charge in [-0.2, -0.15) is 8.78 Å². The summed E-state index contributed by atoms with van der Waals surface area (Å²) in [6.45, 7) is -2.98. The van der Waals surface area contributed by atoms with Crippen molar-refractivity contribution in [3.05, 3.63) is 42.0 Å². The van der Waals surface area contributed by atoms with Crippen molar-refractivity contribution in [2.75, 3.05) is 0 Å². The van der Waals surface area contributed by atoms with Gasteiger partial charge in [-0.15, -0.1) is 0 Å². The summed E-state index contributed by atoms with van der Waals surface area (Å²) in [6.07, 6.45) is -2.65. The van der Waals surface area contributed by atoms with Gasteiger partial charge in [-0.3, -0.25) is 0 Å². The Kier molecular flexibility index (Phi) is 3.17. The van der Waals surface area contributed by atoms with Crippen molar-refractivity contribution in [1.82, 2.24) is 0 Å². The summed E-state index contributed by atoms with van der Waals surface area (Å²) in [7, 11) is 0. The van der Waals surface area contributed by atoms with Gasteiger partial charge < -0.3 is 4.74 Å². The molecule has 0 radical (unpaired) electrons. The molecule has 17 heavy (non-hydrogen) atoms. The van der Waals surface area contributed by atoms with Crippen LogP contribution in [0.5, 0.6) is 5.75 Å². The molecule has 2 aromatic carbocycles. The van der Waals surface area contributed by atoms with Gasteiger partial charge in [0.25, 0.3) is 6.43 Å². The molecule has 90 valence electrons. The van der Waals surface area contributed by atoms with E-state index in [1.807, 2.05) is 0 Å². The molecule has 2 rings (SSSR count). The molecule has 1 nitrogen and oxygen atoms in total. The Hall–Kier alpha value is -1.78. The van der Waals surface area contributed by atoms with Gasteiger partial charge >= 0.3 is 6.61 Å². The van der Waals surface area contributed by atoms with E-state index in [-0.39, 0.29) is 22.1 Å². The minimum atomic E-state index is -2.98. The smallest absolute Gasteiger partial charge is 0.387 e. The van der Waals surface area contributed by atoms with Gasteiger partial charge in [0, 0.05) is 10.9 Å². The summed E-state index contributed by atoms with van der Waals surface area (Å²) in [5.74, 6) is -0.0972. The first-order chi connectivity index (χ1) is 8.09. The van der Waals surface area contributed by atoms with Crippen molar-refractivity contribution in [1.29, 1.82) is 0 Å². The van der Waals surface area contributed by atoms with Crippen LogP contribution in [-0.4, -0.2) is 6.61 Å². The first-order valence-electron chi connectivity index (χ1n) is 4.84. The first kappa shape index (κ1) is 11.7. The first-order valence-corrected chi connectivity index (χ1v) is 4.84. The molecule has 0 amide bonds. The SMILES string of the molecule is FC(F)Oc1cccc2c(C(F)F)cccc12. The fraction of sp³-hybridized carbons (Fsp3) is 0.167. The molecule has 0 aliphatic rings. The lowest BCUT2D eigenvalue weighted by molar-refractivity contribution is -0.0487. The molecule has 0 heterocycles. The molecule has 0 aliphatic heterocycles. The van der Waals surface area contributed by atoms with E-state index >= 15 is 0 Å². The quantitative estimate of drug-likeness (QED) is 0.728. The molecule has 0 aliphatic carbocycles. The van der Waals surface area contributed by atoms with Gasteiger partial charge in [-0.1, -0.05) is 30.3 Å². The Morgan fingerprint density at radius 1 is 0.824 bits per heavy atom. The van der Waals surface area contributed by atoms with Crippen molar-refractivity contribution in [2.45, 2.75) is 13.0 Å². The second kappa shape index (κ2) is 4.61. The number of hydrogen-bond donors (Lipinski definition) is 0. The van der Waals surface area contributed by atoms with E-state index in [9.17, 15) is 17.6 Å². The Bertz CT molecular complexity index is 525. The van der Waals surface area contributed by atoms with Gasteiger partial charge in [0.1, 0.15) is 5.75 Å². The number of fused-ring (bicyclic) bond motifs is 1. The van der Waals surface area contributed by atoms with Crippen molar-refractivity contribution >= 4 is 10.8 Å². The van der Waals surface area contributed by atoms with Crippen molar-refractivity contribution in [3.63, 3.8) is 0 Å². The second-order valence-corrected chi connectivity index (χ2v) is 3.38. The van der Waals surface area contributed by atoms with Crippen LogP contribution in [0.25, 0.3) is 10.8 Å². The van der Waals surface area contributed by atoms with Crippen LogP contribution in [0, 0.1) is 0 Å². The number of rotatable bonds is 3. The maximum Gasteiger partial charge on any atom is 0.387 e. The third-order valence-electron chi connectivity index (χ3n) is 2.37. The molecule has 0 atom stereocenters. The lowest BCUT2D eigenvalue weighted by Crippen LogP contribution is -2.02. The Labute approximate surface area is 94.6 Å². The monoisotopic (exact) mass is 244 g/mol. The summed E-state index contributed by atoms with van der Waals surface area (Å²) >= 11 is 0. The molecular weight excluding hydrogens is 236 g/mol. The summed E-state index contributed by atoms with van der Waals surface area (Å²) < 4.78 is 54.0. The van der Waals surface area contributed by atoms with E-state index in [4.69, 9.17) is 0 Å². The third-order valence-corrected chi connectivity index (χ3v) is 2.37. The van der Waals surface area contributed by atoms with Crippen LogP contribution in [0.3, 0.4) is 0 Å². The van der Waals surface area contributed by atoms with Crippen LogP contribution in [-0.2, 0) is 0 Å². The van der Waals surface area contributed by atoms with E-state index in [0.717, 1.165) is 0 Å². The van der Waals surface area contributed by atoms with Gasteiger partial charge in [0.15, 0.2) is 0 Å². The zero-order valence-electron chi connectivity index (χ0n) is 8.54. The van der Waals surface area contributed by atoms with E-state index < -0.39 is 13.0 Å². The van der Waals surface area contributed by atoms with Crippen molar-refractivity contribution < 1.29 is 22.3 Å². The highest BCUT2D eigenvalue weighted by molar-refractivity contribution is 5.91. The molecule has 0 spiro atoms. The van der Waals surface area contributed by atoms with Crippen molar-refractivity contribution in [3.8, 4) is 5.75 Å². The van der Waals surface area contributed by atoms with Gasteiger partial charge in [-0.05, 0) is 11.5 Å². The molecule has 0 aromatic heterocycles. The van der Waals surface area contributed by atoms with Crippen LogP contribution < -0.4 is 4.74 Å². The van der Waals surface area contributed by atoms with Gasteiger partial charge in [-0.25, -0.2) is 8.78 Å². The maximum absolute atomic E-state index is 12.7. The van der Waals surface area contributed by atoms with E-state index in [0.29, 0.717) is 0 Å². The maximum atomic E-state index is 12.7. The lowest BCUT2D eigenvalue weighted by Gasteiger charge is -2.10. The van der Waals surface area contributed by atoms with Gasteiger partial charge in [0.2, 0.25) is 0 Å². The fourth-order valence-corrected chi connectivity index (χ4v) is 1.69. The normalized spacial score (nSPS) is 11.4. The van der Waals surface area contributed by atoms with Crippen LogP contribution in [0.15, 0.2) is 36.4 Å². The predicted octanol–water partition coefficient (Wildman–Crippen LogP) is 4.38. The highest BCUT2D eigenvalue weighted by atomic mass is 19.3. The van der Waals surface area contributed by atoms with Crippen LogP contribution in [0.2, 0.25) is 0 Å². The van der Waals surface area contributed by atoms with E-state index in [1.165, 1.54) is 36.4 Å². The summed E-state index contributed by atoms with van der Waals surface area (Å²) in [5, 5.41) is 0.478. The zero-order chi connectivity index (χ0) is 12.4. The Balaban J connectivity index is 2.61. The number of alkyl halides is 4. The molecule has 2 aromatic rings. The number of benzene rings is 2. The average Bonchev–Trinajstić information content (AvgIpc) is 2.28. The topological polar surface area (TPSA) is 9.23 Å². The minimum Gasteiger partial charge on any atom is -0.434 e. The van der Waals surface area contributed by atoms with Crippen LogP contribution in [0.4, 0.5) is 17.6 Å². The molecule has 0 saturated heterocycles.